The molecule has 0 radical (unpaired) electrons. The SMILES string of the molecule is Cn1cc(-c2ccc(N)c(C(=N)c3ccnc(N4CC(F)C4)c3)c2)cn1. The maximum atomic E-state index is 13.1. The van der Waals surface area contributed by atoms with Crippen molar-refractivity contribution in [2.24, 2.45) is 7.05 Å². The molecule has 0 atom stereocenters. The van der Waals surface area contributed by atoms with Crippen LogP contribution in [0.1, 0.15) is 11.1 Å². The van der Waals surface area contributed by atoms with Gasteiger partial charge in [-0.25, -0.2) is 9.37 Å². The van der Waals surface area contributed by atoms with Crippen molar-refractivity contribution in [3.63, 3.8) is 0 Å². The van der Waals surface area contributed by atoms with Crippen molar-refractivity contribution < 1.29 is 4.39 Å². The number of aromatic nitrogens is 3. The van der Waals surface area contributed by atoms with Gasteiger partial charge in [0.1, 0.15) is 12.0 Å². The van der Waals surface area contributed by atoms with Gasteiger partial charge in [0.05, 0.1) is 25.0 Å². The summed E-state index contributed by atoms with van der Waals surface area (Å²) in [5.41, 5.74) is 10.2. The summed E-state index contributed by atoms with van der Waals surface area (Å²) in [6, 6.07) is 9.20. The van der Waals surface area contributed by atoms with Gasteiger partial charge in [0, 0.05) is 41.8 Å². The molecule has 3 N–H and O–H groups in total. The quantitative estimate of drug-likeness (QED) is 0.560. The summed E-state index contributed by atoms with van der Waals surface area (Å²) in [4.78, 5) is 6.14. The molecular weight excluding hydrogens is 331 g/mol. The summed E-state index contributed by atoms with van der Waals surface area (Å²) < 4.78 is 14.8. The van der Waals surface area contributed by atoms with Crippen LogP contribution in [0.2, 0.25) is 0 Å². The topological polar surface area (TPSA) is 83.8 Å². The van der Waals surface area contributed by atoms with Gasteiger partial charge in [-0.05, 0) is 29.8 Å². The number of aryl methyl sites for hydroxylation is 1. The number of halogens is 1. The zero-order valence-corrected chi connectivity index (χ0v) is 14.4. The van der Waals surface area contributed by atoms with Crippen LogP contribution >= 0.6 is 0 Å². The second kappa shape index (κ2) is 6.25. The Morgan fingerprint density at radius 2 is 2.04 bits per heavy atom. The molecule has 6 nitrogen and oxygen atoms in total. The molecule has 4 rings (SSSR count). The first-order valence-electron chi connectivity index (χ1n) is 8.34. The summed E-state index contributed by atoms with van der Waals surface area (Å²) in [7, 11) is 1.86. The second-order valence-electron chi connectivity index (χ2n) is 6.48. The number of hydrogen-bond acceptors (Lipinski definition) is 5. The maximum absolute atomic E-state index is 13.1. The van der Waals surface area contributed by atoms with Gasteiger partial charge in [-0.3, -0.25) is 10.1 Å². The summed E-state index contributed by atoms with van der Waals surface area (Å²) in [6.45, 7) is 0.699. The van der Waals surface area contributed by atoms with Gasteiger partial charge >= 0.3 is 0 Å². The number of benzene rings is 1. The fourth-order valence-electron chi connectivity index (χ4n) is 3.04. The van der Waals surface area contributed by atoms with E-state index in [2.05, 4.69) is 10.1 Å². The van der Waals surface area contributed by atoms with E-state index in [-0.39, 0.29) is 0 Å². The molecule has 26 heavy (non-hydrogen) atoms. The van der Waals surface area contributed by atoms with Gasteiger partial charge in [-0.1, -0.05) is 6.07 Å². The molecule has 1 aliphatic heterocycles. The van der Waals surface area contributed by atoms with Crippen LogP contribution in [0.4, 0.5) is 15.9 Å². The minimum Gasteiger partial charge on any atom is -0.398 e. The minimum absolute atomic E-state index is 0.314. The van der Waals surface area contributed by atoms with Gasteiger partial charge in [0.25, 0.3) is 0 Å². The van der Waals surface area contributed by atoms with Crippen molar-refractivity contribution in [3.05, 3.63) is 60.0 Å². The molecule has 1 fully saturated rings. The predicted molar refractivity (Wildman–Crippen MR) is 100 cm³/mol. The summed E-state index contributed by atoms with van der Waals surface area (Å²) >= 11 is 0. The van der Waals surface area contributed by atoms with Crippen LogP contribution in [0, 0.1) is 5.41 Å². The highest BCUT2D eigenvalue weighted by atomic mass is 19.1. The lowest BCUT2D eigenvalue weighted by atomic mass is 9.97. The Bertz CT molecular complexity index is 974. The molecule has 1 aliphatic rings. The third-order valence-electron chi connectivity index (χ3n) is 4.56. The van der Waals surface area contributed by atoms with E-state index in [0.29, 0.717) is 41.4 Å². The molecule has 3 heterocycles. The lowest BCUT2D eigenvalue weighted by Crippen LogP contribution is -2.48. The Morgan fingerprint density at radius 1 is 1.23 bits per heavy atom. The molecule has 0 saturated carbocycles. The molecule has 1 aromatic carbocycles. The first kappa shape index (κ1) is 16.3. The number of nitrogen functional groups attached to an aromatic ring is 1. The molecule has 3 aromatic rings. The van der Waals surface area contributed by atoms with Crippen molar-refractivity contribution in [2.75, 3.05) is 23.7 Å². The first-order valence-corrected chi connectivity index (χ1v) is 8.34. The van der Waals surface area contributed by atoms with Crippen LogP contribution in [0.25, 0.3) is 11.1 Å². The molecule has 7 heteroatoms. The molecule has 2 aromatic heterocycles. The van der Waals surface area contributed by atoms with Gasteiger partial charge in [-0.15, -0.1) is 0 Å². The molecule has 0 amide bonds. The van der Waals surface area contributed by atoms with Crippen molar-refractivity contribution >= 4 is 17.2 Å². The number of rotatable bonds is 4. The Hall–Kier alpha value is -3.22. The maximum Gasteiger partial charge on any atom is 0.135 e. The average molecular weight is 350 g/mol. The number of nitrogens with zero attached hydrogens (tertiary/aromatic N) is 4. The Labute approximate surface area is 150 Å². The lowest BCUT2D eigenvalue weighted by molar-refractivity contribution is 0.273. The highest BCUT2D eigenvalue weighted by Gasteiger charge is 2.27. The van der Waals surface area contributed by atoms with E-state index >= 15 is 0 Å². The number of nitrogens with one attached hydrogen (secondary N) is 1. The Morgan fingerprint density at radius 3 is 2.73 bits per heavy atom. The van der Waals surface area contributed by atoms with E-state index < -0.39 is 6.17 Å². The van der Waals surface area contributed by atoms with Crippen molar-refractivity contribution in [2.45, 2.75) is 6.17 Å². The van der Waals surface area contributed by atoms with E-state index in [4.69, 9.17) is 11.1 Å². The van der Waals surface area contributed by atoms with E-state index in [1.807, 2.05) is 36.3 Å². The standard InChI is InChI=1S/C19H19FN6/c1-25-9-14(8-24-25)12-2-3-17(21)16(6-12)19(22)13-4-5-23-18(7-13)26-10-15(20)11-26/h2-9,15,22H,10-11,21H2,1H3. The van der Waals surface area contributed by atoms with Crippen LogP contribution in [-0.4, -0.2) is 39.7 Å². The molecule has 0 aliphatic carbocycles. The molecule has 132 valence electrons. The summed E-state index contributed by atoms with van der Waals surface area (Å²) in [5, 5.41) is 12.8. The van der Waals surface area contributed by atoms with E-state index in [9.17, 15) is 4.39 Å². The van der Waals surface area contributed by atoms with E-state index in [0.717, 1.165) is 11.1 Å². The van der Waals surface area contributed by atoms with Crippen LogP contribution < -0.4 is 10.6 Å². The van der Waals surface area contributed by atoms with Gasteiger partial charge < -0.3 is 10.6 Å². The van der Waals surface area contributed by atoms with E-state index in [1.165, 1.54) is 0 Å². The molecule has 0 bridgehead atoms. The van der Waals surface area contributed by atoms with Crippen LogP contribution in [0.15, 0.2) is 48.9 Å². The Kier molecular flexibility index (Phi) is 3.91. The zero-order chi connectivity index (χ0) is 18.3. The number of alkyl halides is 1. The third-order valence-corrected chi connectivity index (χ3v) is 4.56. The normalized spacial score (nSPS) is 14.3. The van der Waals surface area contributed by atoms with Crippen LogP contribution in [0.3, 0.4) is 0 Å². The number of hydrogen-bond donors (Lipinski definition) is 2. The predicted octanol–water partition coefficient (Wildman–Crippen LogP) is 2.64. The van der Waals surface area contributed by atoms with Crippen LogP contribution in [-0.2, 0) is 7.05 Å². The zero-order valence-electron chi connectivity index (χ0n) is 14.4. The molecule has 0 unspecified atom stereocenters. The summed E-state index contributed by atoms with van der Waals surface area (Å²) in [5.74, 6) is 0.683. The lowest BCUT2D eigenvalue weighted by Gasteiger charge is -2.35. The number of anilines is 2. The van der Waals surface area contributed by atoms with Crippen LogP contribution in [0.5, 0.6) is 0 Å². The monoisotopic (exact) mass is 350 g/mol. The second-order valence-corrected chi connectivity index (χ2v) is 6.48. The molecule has 1 saturated heterocycles. The fraction of sp³-hybridized carbons (Fsp3) is 0.211. The molecular formula is C19H19FN6. The number of nitrogens with two attached hydrogens (primary N) is 1. The first-order chi connectivity index (χ1) is 12.5. The average Bonchev–Trinajstić information content (AvgIpc) is 3.05. The largest absolute Gasteiger partial charge is 0.398 e. The van der Waals surface area contributed by atoms with E-state index in [1.54, 1.807) is 29.2 Å². The van der Waals surface area contributed by atoms with Crippen molar-refractivity contribution in [1.29, 1.82) is 5.41 Å². The third kappa shape index (κ3) is 2.92. The summed E-state index contributed by atoms with van der Waals surface area (Å²) in [6.07, 6.45) is 4.54. The van der Waals surface area contributed by atoms with Gasteiger partial charge in [0.2, 0.25) is 0 Å². The minimum atomic E-state index is -0.799. The number of pyridine rings is 1. The highest BCUT2D eigenvalue weighted by Crippen LogP contribution is 2.27. The smallest absolute Gasteiger partial charge is 0.135 e. The van der Waals surface area contributed by atoms with Crippen molar-refractivity contribution in [1.82, 2.24) is 14.8 Å². The van der Waals surface area contributed by atoms with Gasteiger partial charge in [-0.2, -0.15) is 5.10 Å². The van der Waals surface area contributed by atoms with Crippen molar-refractivity contribution in [3.8, 4) is 11.1 Å². The molecule has 0 spiro atoms. The fourth-order valence-corrected chi connectivity index (χ4v) is 3.04. The Balaban J connectivity index is 1.67. The van der Waals surface area contributed by atoms with Gasteiger partial charge in [0.15, 0.2) is 0 Å². The highest BCUT2D eigenvalue weighted by molar-refractivity contribution is 6.14.